The van der Waals surface area contributed by atoms with E-state index in [0.717, 1.165) is 42.6 Å². The summed E-state index contributed by atoms with van der Waals surface area (Å²) in [5.74, 6) is 0. The van der Waals surface area contributed by atoms with Crippen LogP contribution in [0, 0.1) is 6.92 Å². The normalized spacial score (nSPS) is 22.8. The van der Waals surface area contributed by atoms with E-state index in [9.17, 15) is 13.5 Å². The number of benzene rings is 3. The first kappa shape index (κ1) is 22.1. The zero-order valence-corrected chi connectivity index (χ0v) is 19.6. The van der Waals surface area contributed by atoms with E-state index in [1.165, 1.54) is 11.1 Å². The molecule has 1 unspecified atom stereocenters. The molecule has 1 heterocycles. The van der Waals surface area contributed by atoms with Gasteiger partial charge < -0.3 is 10.0 Å². The smallest absolute Gasteiger partial charge is 0.240 e. The zero-order valence-electron chi connectivity index (χ0n) is 18.8. The molecule has 0 saturated heterocycles. The molecule has 2 N–H and O–H groups in total. The molecule has 0 radical (unpaired) electrons. The number of hydrogen-bond donors (Lipinski definition) is 2. The third kappa shape index (κ3) is 4.31. The van der Waals surface area contributed by atoms with Gasteiger partial charge in [-0.2, -0.15) is 0 Å². The lowest BCUT2D eigenvalue weighted by Crippen LogP contribution is -2.55. The summed E-state index contributed by atoms with van der Waals surface area (Å²) in [6, 6.07) is 22.8. The van der Waals surface area contributed by atoms with Crippen LogP contribution in [-0.4, -0.2) is 31.7 Å². The van der Waals surface area contributed by atoms with E-state index in [-0.39, 0.29) is 10.9 Å². The average molecular weight is 463 g/mol. The Morgan fingerprint density at radius 1 is 0.848 bits per heavy atom. The van der Waals surface area contributed by atoms with E-state index in [2.05, 4.69) is 46.0 Å². The Balaban J connectivity index is 1.48. The standard InChI is InChI=1S/C27H30N2O3S/c1-19-13-17-22(18-14-19)33(31,32)28-23-9-6-12-26(27(23)30)29-24-10-4-2-7-20(24)15-16-21-8-3-5-11-25(21)29/h2-5,7-8,10-11,13-14,17-18,23,26-28,30H,6,9,12,15-16H2,1H3/t23-,26?,27+/m1/s1. The minimum Gasteiger partial charge on any atom is -0.389 e. The first-order valence-electron chi connectivity index (χ1n) is 11.7. The quantitative estimate of drug-likeness (QED) is 0.599. The fourth-order valence-corrected chi connectivity index (χ4v) is 6.51. The summed E-state index contributed by atoms with van der Waals surface area (Å²) in [6.45, 7) is 1.93. The number of nitrogens with zero attached hydrogens (tertiary/aromatic N) is 1. The Morgan fingerprint density at radius 2 is 1.42 bits per heavy atom. The summed E-state index contributed by atoms with van der Waals surface area (Å²) in [6.07, 6.45) is 3.29. The van der Waals surface area contributed by atoms with Crippen molar-refractivity contribution in [3.05, 3.63) is 89.5 Å². The van der Waals surface area contributed by atoms with Crippen molar-refractivity contribution in [3.63, 3.8) is 0 Å². The molecule has 33 heavy (non-hydrogen) atoms. The Kier molecular flexibility index (Phi) is 5.99. The molecule has 0 amide bonds. The molecule has 5 nitrogen and oxygen atoms in total. The van der Waals surface area contributed by atoms with Crippen LogP contribution in [0.15, 0.2) is 77.7 Å². The summed E-state index contributed by atoms with van der Waals surface area (Å²) >= 11 is 0. The molecule has 0 bridgehead atoms. The van der Waals surface area contributed by atoms with Crippen LogP contribution in [0.1, 0.15) is 36.0 Å². The number of aliphatic hydroxyl groups is 1. The largest absolute Gasteiger partial charge is 0.389 e. The van der Waals surface area contributed by atoms with Crippen molar-refractivity contribution >= 4 is 21.4 Å². The van der Waals surface area contributed by atoms with Crippen LogP contribution in [0.5, 0.6) is 0 Å². The second-order valence-corrected chi connectivity index (χ2v) is 10.9. The molecule has 5 rings (SSSR count). The fourth-order valence-electron chi connectivity index (χ4n) is 5.22. The van der Waals surface area contributed by atoms with Crippen molar-refractivity contribution in [3.8, 4) is 0 Å². The van der Waals surface area contributed by atoms with Crippen molar-refractivity contribution in [1.29, 1.82) is 0 Å². The lowest BCUT2D eigenvalue weighted by Gasteiger charge is -2.43. The van der Waals surface area contributed by atoms with Gasteiger partial charge in [0.25, 0.3) is 0 Å². The number of anilines is 2. The first-order chi connectivity index (χ1) is 15.9. The molecule has 1 fully saturated rings. The van der Waals surface area contributed by atoms with E-state index in [4.69, 9.17) is 0 Å². The van der Waals surface area contributed by atoms with Crippen molar-refractivity contribution in [2.45, 2.75) is 62.1 Å². The Bertz CT molecular complexity index is 1190. The van der Waals surface area contributed by atoms with E-state index in [1.54, 1.807) is 24.3 Å². The van der Waals surface area contributed by atoms with Crippen molar-refractivity contribution in [2.75, 3.05) is 4.90 Å². The second-order valence-electron chi connectivity index (χ2n) is 9.16. The number of fused-ring (bicyclic) bond motifs is 2. The van der Waals surface area contributed by atoms with E-state index in [0.29, 0.717) is 6.42 Å². The van der Waals surface area contributed by atoms with Crippen LogP contribution in [0.4, 0.5) is 11.4 Å². The van der Waals surface area contributed by atoms with Gasteiger partial charge in [-0.1, -0.05) is 54.1 Å². The van der Waals surface area contributed by atoms with Gasteiger partial charge >= 0.3 is 0 Å². The SMILES string of the molecule is Cc1ccc(S(=O)(=O)N[C@@H]2CCCC(N3c4ccccc4CCc4ccccc43)[C@H]2O)cc1. The summed E-state index contributed by atoms with van der Waals surface area (Å²) < 4.78 is 28.9. The molecule has 1 saturated carbocycles. The Labute approximate surface area is 196 Å². The number of hydrogen-bond acceptors (Lipinski definition) is 4. The van der Waals surface area contributed by atoms with Gasteiger partial charge in [0.15, 0.2) is 0 Å². The van der Waals surface area contributed by atoms with Gasteiger partial charge in [0, 0.05) is 11.4 Å². The van der Waals surface area contributed by atoms with Gasteiger partial charge in [-0.15, -0.1) is 0 Å². The molecule has 3 aromatic rings. The summed E-state index contributed by atoms with van der Waals surface area (Å²) in [5, 5.41) is 11.5. The van der Waals surface area contributed by atoms with Crippen molar-refractivity contribution in [2.24, 2.45) is 0 Å². The predicted molar refractivity (Wildman–Crippen MR) is 131 cm³/mol. The molecule has 172 valence electrons. The molecule has 3 atom stereocenters. The van der Waals surface area contributed by atoms with Crippen LogP contribution in [0.25, 0.3) is 0 Å². The molecule has 0 aromatic heterocycles. The molecule has 3 aromatic carbocycles. The van der Waals surface area contributed by atoms with Gasteiger partial charge in [0.05, 0.1) is 23.1 Å². The minimum absolute atomic E-state index is 0.218. The van der Waals surface area contributed by atoms with E-state index >= 15 is 0 Å². The number of aliphatic hydroxyl groups excluding tert-OH is 1. The first-order valence-corrected chi connectivity index (χ1v) is 13.1. The highest BCUT2D eigenvalue weighted by atomic mass is 32.2. The lowest BCUT2D eigenvalue weighted by molar-refractivity contribution is 0.0812. The highest BCUT2D eigenvalue weighted by Gasteiger charge is 2.39. The third-order valence-corrected chi connectivity index (χ3v) is 8.46. The second kappa shape index (κ2) is 8.93. The fraction of sp³-hybridized carbons (Fsp3) is 0.333. The molecule has 2 aliphatic rings. The molecule has 6 heteroatoms. The van der Waals surface area contributed by atoms with E-state index < -0.39 is 22.2 Å². The van der Waals surface area contributed by atoms with Crippen LogP contribution in [0.2, 0.25) is 0 Å². The van der Waals surface area contributed by atoms with Crippen LogP contribution < -0.4 is 9.62 Å². The molecular formula is C27H30N2O3S. The Morgan fingerprint density at radius 3 is 2.03 bits per heavy atom. The Hall–Kier alpha value is -2.67. The maximum absolute atomic E-state index is 13.1. The number of nitrogens with one attached hydrogen (secondary N) is 1. The number of para-hydroxylation sites is 2. The van der Waals surface area contributed by atoms with Gasteiger partial charge in [0.1, 0.15) is 0 Å². The summed E-state index contributed by atoms with van der Waals surface area (Å²) in [4.78, 5) is 2.49. The van der Waals surface area contributed by atoms with Crippen molar-refractivity contribution < 1.29 is 13.5 Å². The van der Waals surface area contributed by atoms with Crippen LogP contribution >= 0.6 is 0 Å². The van der Waals surface area contributed by atoms with Crippen LogP contribution in [0.3, 0.4) is 0 Å². The minimum atomic E-state index is -3.72. The van der Waals surface area contributed by atoms with Gasteiger partial charge in [-0.25, -0.2) is 13.1 Å². The maximum atomic E-state index is 13.1. The van der Waals surface area contributed by atoms with E-state index in [1.807, 2.05) is 19.1 Å². The number of rotatable bonds is 4. The van der Waals surface area contributed by atoms with Gasteiger partial charge in [-0.05, 0) is 74.4 Å². The van der Waals surface area contributed by atoms with Gasteiger partial charge in [0.2, 0.25) is 10.0 Å². The predicted octanol–water partition coefficient (Wildman–Crippen LogP) is 4.49. The average Bonchev–Trinajstić information content (AvgIpc) is 2.98. The molecular weight excluding hydrogens is 432 g/mol. The maximum Gasteiger partial charge on any atom is 0.240 e. The van der Waals surface area contributed by atoms with Crippen LogP contribution in [-0.2, 0) is 22.9 Å². The zero-order chi connectivity index (χ0) is 23.0. The number of aryl methyl sites for hydroxylation is 3. The summed E-state index contributed by atoms with van der Waals surface area (Å²) in [5.41, 5.74) is 5.72. The monoisotopic (exact) mass is 462 g/mol. The highest BCUT2D eigenvalue weighted by molar-refractivity contribution is 7.89. The molecule has 1 aliphatic heterocycles. The van der Waals surface area contributed by atoms with Crippen molar-refractivity contribution in [1.82, 2.24) is 4.72 Å². The molecule has 1 aliphatic carbocycles. The lowest BCUT2D eigenvalue weighted by atomic mass is 9.86. The van der Waals surface area contributed by atoms with Gasteiger partial charge in [-0.3, -0.25) is 0 Å². The third-order valence-electron chi connectivity index (χ3n) is 6.96. The topological polar surface area (TPSA) is 69.6 Å². The highest BCUT2D eigenvalue weighted by Crippen LogP contribution is 2.41. The molecule has 0 spiro atoms. The summed E-state index contributed by atoms with van der Waals surface area (Å²) in [7, 11) is -3.72. The number of sulfonamides is 1.